The van der Waals surface area contributed by atoms with E-state index in [0.29, 0.717) is 6.54 Å². The van der Waals surface area contributed by atoms with Crippen LogP contribution in [0.2, 0.25) is 0 Å². The number of hydrogen-bond donors (Lipinski definition) is 2. The minimum absolute atomic E-state index is 0.146. The third kappa shape index (κ3) is 3.81. The van der Waals surface area contributed by atoms with E-state index < -0.39 is 11.7 Å². The molecule has 1 saturated heterocycles. The predicted molar refractivity (Wildman–Crippen MR) is 90.6 cm³/mol. The summed E-state index contributed by atoms with van der Waals surface area (Å²) in [5.74, 6) is -0.864. The van der Waals surface area contributed by atoms with Crippen LogP contribution >= 0.6 is 0 Å². The molecule has 3 rings (SSSR count). The summed E-state index contributed by atoms with van der Waals surface area (Å²) in [5.41, 5.74) is 5.15. The Balaban J connectivity index is 1.78. The fraction of sp³-hybridized carbons (Fsp3) is 0.333. The lowest BCUT2D eigenvalue weighted by Gasteiger charge is -2.28. The van der Waals surface area contributed by atoms with Crippen LogP contribution in [0.3, 0.4) is 0 Å². The number of nitrogens with one attached hydrogen (secondary N) is 1. The van der Waals surface area contributed by atoms with Crippen LogP contribution in [-0.4, -0.2) is 23.4 Å². The van der Waals surface area contributed by atoms with Gasteiger partial charge in [0.05, 0.1) is 17.9 Å². The van der Waals surface area contributed by atoms with Crippen molar-refractivity contribution in [1.29, 1.82) is 0 Å². The molecule has 0 radical (unpaired) electrons. The number of nitrogens with zero attached hydrogens (tertiary/aromatic N) is 1. The van der Waals surface area contributed by atoms with Gasteiger partial charge in [0.25, 0.3) is 5.91 Å². The van der Waals surface area contributed by atoms with Crippen molar-refractivity contribution >= 4 is 17.6 Å². The van der Waals surface area contributed by atoms with Crippen LogP contribution in [0, 0.1) is 5.82 Å². The molecule has 2 heterocycles. The maximum absolute atomic E-state index is 13.9. The normalized spacial score (nSPS) is 17.8. The summed E-state index contributed by atoms with van der Waals surface area (Å²) in [5, 5.41) is 2.69. The Kier molecular flexibility index (Phi) is 5.02. The fourth-order valence-corrected chi connectivity index (χ4v) is 3.12. The number of rotatable bonds is 3. The van der Waals surface area contributed by atoms with E-state index >= 15 is 0 Å². The molecule has 1 aromatic heterocycles. The SMILES string of the molecule is NC(=O)c1ccc(NC(=O)N2CCCCC[C@H]2c2ccco2)cc1F. The number of hydrogen-bond acceptors (Lipinski definition) is 3. The average Bonchev–Trinajstić information content (AvgIpc) is 2.98. The highest BCUT2D eigenvalue weighted by molar-refractivity contribution is 5.94. The van der Waals surface area contributed by atoms with E-state index in [1.807, 2.05) is 6.07 Å². The fourth-order valence-electron chi connectivity index (χ4n) is 3.12. The van der Waals surface area contributed by atoms with Gasteiger partial charge in [-0.1, -0.05) is 12.8 Å². The van der Waals surface area contributed by atoms with Gasteiger partial charge < -0.3 is 20.4 Å². The lowest BCUT2D eigenvalue weighted by atomic mass is 10.1. The minimum atomic E-state index is -0.847. The standard InChI is InChI=1S/C18H20FN3O3/c19-14-11-12(7-8-13(14)17(20)23)21-18(24)22-9-3-1-2-5-15(22)16-6-4-10-25-16/h4,6-8,10-11,15H,1-3,5,9H2,(H2,20,23)(H,21,24)/t15-/m0/s1. The quantitative estimate of drug-likeness (QED) is 0.889. The number of furan rings is 1. The monoisotopic (exact) mass is 345 g/mol. The van der Waals surface area contributed by atoms with Gasteiger partial charge in [0.15, 0.2) is 0 Å². The third-order valence-corrected chi connectivity index (χ3v) is 4.37. The Bertz CT molecular complexity index is 761. The van der Waals surface area contributed by atoms with Crippen LogP contribution < -0.4 is 11.1 Å². The van der Waals surface area contributed by atoms with Crippen LogP contribution in [0.4, 0.5) is 14.9 Å². The van der Waals surface area contributed by atoms with E-state index in [2.05, 4.69) is 5.32 Å². The van der Waals surface area contributed by atoms with E-state index in [0.717, 1.165) is 37.5 Å². The molecule has 0 unspecified atom stereocenters. The molecule has 25 heavy (non-hydrogen) atoms. The van der Waals surface area contributed by atoms with Gasteiger partial charge in [-0.05, 0) is 43.2 Å². The van der Waals surface area contributed by atoms with Crippen molar-refractivity contribution < 1.29 is 18.4 Å². The summed E-state index contributed by atoms with van der Waals surface area (Å²) in [4.78, 5) is 25.5. The Hall–Kier alpha value is -2.83. The first-order chi connectivity index (χ1) is 12.1. The molecule has 132 valence electrons. The van der Waals surface area contributed by atoms with Crippen LogP contribution in [0.5, 0.6) is 0 Å². The van der Waals surface area contributed by atoms with E-state index in [1.165, 1.54) is 12.1 Å². The van der Waals surface area contributed by atoms with Crippen molar-refractivity contribution in [3.63, 3.8) is 0 Å². The Morgan fingerprint density at radius 1 is 1.24 bits per heavy atom. The number of primary amides is 1. The smallest absolute Gasteiger partial charge is 0.322 e. The molecule has 1 aliphatic rings. The van der Waals surface area contributed by atoms with Gasteiger partial charge in [-0.2, -0.15) is 0 Å². The van der Waals surface area contributed by atoms with Gasteiger partial charge in [-0.3, -0.25) is 4.79 Å². The van der Waals surface area contributed by atoms with Crippen molar-refractivity contribution in [3.8, 4) is 0 Å². The van der Waals surface area contributed by atoms with Gasteiger partial charge >= 0.3 is 6.03 Å². The van der Waals surface area contributed by atoms with Crippen molar-refractivity contribution in [2.75, 3.05) is 11.9 Å². The molecule has 3 N–H and O–H groups in total. The summed E-state index contributed by atoms with van der Waals surface area (Å²) in [6, 6.07) is 7.01. The number of halogens is 1. The van der Waals surface area contributed by atoms with Gasteiger partial charge in [-0.15, -0.1) is 0 Å². The lowest BCUT2D eigenvalue weighted by Crippen LogP contribution is -2.38. The largest absolute Gasteiger partial charge is 0.467 e. The number of anilines is 1. The first kappa shape index (κ1) is 17.0. The Labute approximate surface area is 144 Å². The van der Waals surface area contributed by atoms with E-state index in [1.54, 1.807) is 17.2 Å². The zero-order chi connectivity index (χ0) is 17.8. The molecular formula is C18H20FN3O3. The van der Waals surface area contributed by atoms with E-state index in [9.17, 15) is 14.0 Å². The highest BCUT2D eigenvalue weighted by Gasteiger charge is 2.28. The van der Waals surface area contributed by atoms with Crippen molar-refractivity contribution in [2.45, 2.75) is 31.7 Å². The highest BCUT2D eigenvalue weighted by atomic mass is 19.1. The van der Waals surface area contributed by atoms with Crippen LogP contribution in [0.15, 0.2) is 41.0 Å². The summed E-state index contributed by atoms with van der Waals surface area (Å²) in [6.45, 7) is 0.596. The van der Waals surface area contributed by atoms with Crippen LogP contribution in [0.25, 0.3) is 0 Å². The van der Waals surface area contributed by atoms with Crippen molar-refractivity contribution in [3.05, 3.63) is 53.7 Å². The molecule has 1 atom stereocenters. The summed E-state index contributed by atoms with van der Waals surface area (Å²) in [7, 11) is 0. The van der Waals surface area contributed by atoms with Crippen molar-refractivity contribution in [1.82, 2.24) is 4.90 Å². The maximum atomic E-state index is 13.9. The molecule has 2 aromatic rings. The predicted octanol–water partition coefficient (Wildman–Crippen LogP) is 3.67. The molecule has 0 spiro atoms. The topological polar surface area (TPSA) is 88.6 Å². The van der Waals surface area contributed by atoms with Crippen LogP contribution in [-0.2, 0) is 0 Å². The number of amides is 3. The maximum Gasteiger partial charge on any atom is 0.322 e. The molecule has 0 saturated carbocycles. The molecule has 1 aromatic carbocycles. The second kappa shape index (κ2) is 7.38. The van der Waals surface area contributed by atoms with Gasteiger partial charge in [0.2, 0.25) is 0 Å². The zero-order valence-corrected chi connectivity index (χ0v) is 13.7. The first-order valence-electron chi connectivity index (χ1n) is 8.26. The average molecular weight is 345 g/mol. The number of likely N-dealkylation sites (tertiary alicyclic amines) is 1. The molecule has 0 bridgehead atoms. The first-order valence-corrected chi connectivity index (χ1v) is 8.26. The highest BCUT2D eigenvalue weighted by Crippen LogP contribution is 2.31. The molecule has 3 amide bonds. The van der Waals surface area contributed by atoms with Gasteiger partial charge in [0.1, 0.15) is 11.6 Å². The second-order valence-corrected chi connectivity index (χ2v) is 6.06. The number of carbonyl (C=O) groups excluding carboxylic acids is 2. The van der Waals surface area contributed by atoms with Gasteiger partial charge in [0, 0.05) is 12.2 Å². The minimum Gasteiger partial charge on any atom is -0.467 e. The number of nitrogens with two attached hydrogens (primary N) is 1. The second-order valence-electron chi connectivity index (χ2n) is 6.06. The zero-order valence-electron chi connectivity index (χ0n) is 13.7. The van der Waals surface area contributed by atoms with E-state index in [4.69, 9.17) is 10.2 Å². The number of urea groups is 1. The number of benzene rings is 1. The van der Waals surface area contributed by atoms with Crippen LogP contribution in [0.1, 0.15) is 47.8 Å². The van der Waals surface area contributed by atoms with Crippen molar-refractivity contribution in [2.24, 2.45) is 5.73 Å². The summed E-state index contributed by atoms with van der Waals surface area (Å²) >= 11 is 0. The van der Waals surface area contributed by atoms with E-state index in [-0.39, 0.29) is 23.3 Å². The Morgan fingerprint density at radius 3 is 2.76 bits per heavy atom. The molecule has 7 heteroatoms. The molecule has 0 aliphatic carbocycles. The Morgan fingerprint density at radius 2 is 2.08 bits per heavy atom. The van der Waals surface area contributed by atoms with Gasteiger partial charge in [-0.25, -0.2) is 9.18 Å². The number of carbonyl (C=O) groups is 2. The molecule has 1 aliphatic heterocycles. The third-order valence-electron chi connectivity index (χ3n) is 4.37. The molecular weight excluding hydrogens is 325 g/mol. The molecule has 1 fully saturated rings. The summed E-state index contributed by atoms with van der Waals surface area (Å²) in [6.07, 6.45) is 5.36. The lowest BCUT2D eigenvalue weighted by molar-refractivity contribution is 0.0996. The molecule has 6 nitrogen and oxygen atoms in total. The summed E-state index contributed by atoms with van der Waals surface area (Å²) < 4.78 is 19.4.